The van der Waals surface area contributed by atoms with E-state index in [2.05, 4.69) is 24.0 Å². The maximum absolute atomic E-state index is 3.71. The van der Waals surface area contributed by atoms with Crippen LogP contribution >= 0.6 is 11.8 Å². The average molecular weight is 241 g/mol. The quantitative estimate of drug-likeness (QED) is 0.781. The highest BCUT2D eigenvalue weighted by Gasteiger charge is 2.25. The van der Waals surface area contributed by atoms with Gasteiger partial charge < -0.3 is 5.32 Å². The number of hydrogen-bond acceptors (Lipinski definition) is 2. The molecule has 2 fully saturated rings. The monoisotopic (exact) mass is 241 g/mol. The van der Waals surface area contributed by atoms with Gasteiger partial charge in [0.1, 0.15) is 0 Å². The number of hydrogen-bond donors (Lipinski definition) is 1. The van der Waals surface area contributed by atoms with Crippen molar-refractivity contribution in [2.45, 2.75) is 81.3 Å². The van der Waals surface area contributed by atoms with Crippen molar-refractivity contribution in [2.75, 3.05) is 6.54 Å². The van der Waals surface area contributed by atoms with Crippen LogP contribution in [0.4, 0.5) is 0 Å². The van der Waals surface area contributed by atoms with Crippen molar-refractivity contribution in [2.24, 2.45) is 0 Å². The summed E-state index contributed by atoms with van der Waals surface area (Å²) in [6.07, 6.45) is 13.0. The number of rotatable bonds is 5. The van der Waals surface area contributed by atoms with E-state index in [1.165, 1.54) is 64.3 Å². The Morgan fingerprint density at radius 1 is 1.00 bits per heavy atom. The molecule has 0 bridgehead atoms. The van der Waals surface area contributed by atoms with Crippen LogP contribution in [0.3, 0.4) is 0 Å². The lowest BCUT2D eigenvalue weighted by Crippen LogP contribution is -2.35. The van der Waals surface area contributed by atoms with Crippen molar-refractivity contribution in [1.29, 1.82) is 0 Å². The molecule has 0 aromatic rings. The van der Waals surface area contributed by atoms with E-state index in [0.29, 0.717) is 0 Å². The average Bonchev–Trinajstić information content (AvgIpc) is 2.80. The first-order chi connectivity index (χ1) is 7.88. The van der Waals surface area contributed by atoms with Crippen molar-refractivity contribution >= 4 is 11.8 Å². The molecule has 1 N–H and O–H groups in total. The van der Waals surface area contributed by atoms with Crippen LogP contribution in [0, 0.1) is 0 Å². The Balaban J connectivity index is 1.68. The van der Waals surface area contributed by atoms with Crippen LogP contribution in [0.25, 0.3) is 0 Å². The van der Waals surface area contributed by atoms with Gasteiger partial charge in [-0.1, -0.05) is 26.2 Å². The smallest absolute Gasteiger partial charge is 0.00776 e. The van der Waals surface area contributed by atoms with Crippen LogP contribution in [0.5, 0.6) is 0 Å². The van der Waals surface area contributed by atoms with E-state index < -0.39 is 0 Å². The number of nitrogens with one attached hydrogen (secondary N) is 1. The molecule has 2 atom stereocenters. The van der Waals surface area contributed by atoms with Gasteiger partial charge in [0, 0.05) is 16.5 Å². The summed E-state index contributed by atoms with van der Waals surface area (Å²) < 4.78 is 0. The van der Waals surface area contributed by atoms with Crippen LogP contribution in [-0.2, 0) is 0 Å². The summed E-state index contributed by atoms with van der Waals surface area (Å²) in [4.78, 5) is 0. The fourth-order valence-electron chi connectivity index (χ4n) is 3.10. The topological polar surface area (TPSA) is 12.0 Å². The summed E-state index contributed by atoms with van der Waals surface area (Å²) >= 11 is 2.33. The lowest BCUT2D eigenvalue weighted by molar-refractivity contribution is 0.381. The normalized spacial score (nSPS) is 32.1. The molecular formula is C14H27NS. The Hall–Kier alpha value is 0.310. The zero-order chi connectivity index (χ0) is 11.2. The van der Waals surface area contributed by atoms with E-state index in [1.807, 2.05) is 0 Å². The maximum Gasteiger partial charge on any atom is 0.00776 e. The molecule has 16 heavy (non-hydrogen) atoms. The number of thioether (sulfide) groups is 1. The highest BCUT2D eigenvalue weighted by molar-refractivity contribution is 8.00. The molecule has 94 valence electrons. The summed E-state index contributed by atoms with van der Waals surface area (Å²) in [6, 6.07) is 0.826. The lowest BCUT2D eigenvalue weighted by atomic mass is 9.95. The molecule has 2 unspecified atom stereocenters. The summed E-state index contributed by atoms with van der Waals surface area (Å²) in [5.41, 5.74) is 0. The fourth-order valence-corrected chi connectivity index (χ4v) is 4.90. The van der Waals surface area contributed by atoms with Crippen LogP contribution in [0.2, 0.25) is 0 Å². The van der Waals surface area contributed by atoms with Gasteiger partial charge in [-0.05, 0) is 45.1 Å². The van der Waals surface area contributed by atoms with E-state index in [9.17, 15) is 0 Å². The minimum Gasteiger partial charge on any atom is -0.314 e. The molecule has 2 saturated carbocycles. The second-order valence-corrected chi connectivity index (χ2v) is 7.09. The Morgan fingerprint density at radius 2 is 1.75 bits per heavy atom. The van der Waals surface area contributed by atoms with E-state index >= 15 is 0 Å². The highest BCUT2D eigenvalue weighted by Crippen LogP contribution is 2.37. The molecule has 1 nitrogen and oxygen atoms in total. The van der Waals surface area contributed by atoms with Crippen LogP contribution in [0.1, 0.15) is 64.7 Å². The molecule has 2 aliphatic carbocycles. The first-order valence-electron chi connectivity index (χ1n) is 7.27. The molecule has 0 spiro atoms. The third kappa shape index (κ3) is 3.96. The molecule has 2 aliphatic rings. The van der Waals surface area contributed by atoms with Crippen molar-refractivity contribution in [3.8, 4) is 0 Å². The summed E-state index contributed by atoms with van der Waals surface area (Å²) in [7, 11) is 0. The van der Waals surface area contributed by atoms with Gasteiger partial charge in [-0.2, -0.15) is 11.8 Å². The molecule has 0 heterocycles. The summed E-state index contributed by atoms with van der Waals surface area (Å²) in [6.45, 7) is 3.48. The second-order valence-electron chi connectivity index (χ2n) is 5.48. The molecule has 2 rings (SSSR count). The zero-order valence-electron chi connectivity index (χ0n) is 10.7. The minimum atomic E-state index is 0.826. The first kappa shape index (κ1) is 12.8. The van der Waals surface area contributed by atoms with Crippen molar-refractivity contribution in [3.63, 3.8) is 0 Å². The molecule has 0 aromatic heterocycles. The predicted molar refractivity (Wildman–Crippen MR) is 74.2 cm³/mol. The van der Waals surface area contributed by atoms with Crippen molar-refractivity contribution < 1.29 is 0 Å². The van der Waals surface area contributed by atoms with Crippen LogP contribution < -0.4 is 5.32 Å². The second kappa shape index (κ2) is 6.90. The molecule has 2 heteroatoms. The Labute approximate surface area is 105 Å². The van der Waals surface area contributed by atoms with Gasteiger partial charge in [-0.15, -0.1) is 0 Å². The first-order valence-corrected chi connectivity index (χ1v) is 8.21. The van der Waals surface area contributed by atoms with Gasteiger partial charge >= 0.3 is 0 Å². The minimum absolute atomic E-state index is 0.826. The van der Waals surface area contributed by atoms with Gasteiger partial charge in [0.15, 0.2) is 0 Å². The lowest BCUT2D eigenvalue weighted by Gasteiger charge is -2.31. The predicted octanol–water partition coefficient (Wildman–Crippen LogP) is 3.97. The Kier molecular flexibility index (Phi) is 5.51. The molecule has 0 aliphatic heterocycles. The van der Waals surface area contributed by atoms with Crippen LogP contribution in [0.15, 0.2) is 0 Å². The summed E-state index contributed by atoms with van der Waals surface area (Å²) in [5, 5.41) is 5.69. The molecular weight excluding hydrogens is 214 g/mol. The maximum atomic E-state index is 3.71. The fraction of sp³-hybridized carbons (Fsp3) is 1.00. The van der Waals surface area contributed by atoms with E-state index in [1.54, 1.807) is 0 Å². The van der Waals surface area contributed by atoms with E-state index in [4.69, 9.17) is 0 Å². The van der Waals surface area contributed by atoms with Gasteiger partial charge in [0.05, 0.1) is 0 Å². The van der Waals surface area contributed by atoms with Gasteiger partial charge in [-0.25, -0.2) is 0 Å². The van der Waals surface area contributed by atoms with Crippen molar-refractivity contribution in [1.82, 2.24) is 5.32 Å². The largest absolute Gasteiger partial charge is 0.314 e. The van der Waals surface area contributed by atoms with Gasteiger partial charge in [0.2, 0.25) is 0 Å². The molecule has 0 aromatic carbocycles. The molecule has 0 saturated heterocycles. The zero-order valence-corrected chi connectivity index (χ0v) is 11.5. The molecule has 0 amide bonds. The summed E-state index contributed by atoms with van der Waals surface area (Å²) in [5.74, 6) is 0. The standard InChI is InChI=1S/C14H27NS/c1-2-10-15-12-6-5-9-14(11-12)16-13-7-3-4-8-13/h12-15H,2-11H2,1H3. The Morgan fingerprint density at radius 3 is 2.50 bits per heavy atom. The van der Waals surface area contributed by atoms with E-state index in [0.717, 1.165) is 16.5 Å². The third-order valence-electron chi connectivity index (χ3n) is 4.00. The molecule has 0 radical (unpaired) electrons. The van der Waals surface area contributed by atoms with Crippen LogP contribution in [-0.4, -0.2) is 23.1 Å². The van der Waals surface area contributed by atoms with Crippen molar-refractivity contribution in [3.05, 3.63) is 0 Å². The van der Waals surface area contributed by atoms with Gasteiger partial charge in [-0.3, -0.25) is 0 Å². The Bertz CT molecular complexity index is 189. The van der Waals surface area contributed by atoms with Gasteiger partial charge in [0.25, 0.3) is 0 Å². The third-order valence-corrected chi connectivity index (χ3v) is 5.67. The SMILES string of the molecule is CCCNC1CCCC(SC2CCCC2)C1. The van der Waals surface area contributed by atoms with E-state index in [-0.39, 0.29) is 0 Å². The highest BCUT2D eigenvalue weighted by atomic mass is 32.2.